The molecule has 0 bridgehead atoms. The van der Waals surface area contributed by atoms with Crippen LogP contribution in [0, 0.1) is 12.8 Å². The Bertz CT molecular complexity index is 601. The van der Waals surface area contributed by atoms with E-state index in [-0.39, 0.29) is 6.04 Å². The molecule has 0 radical (unpaired) electrons. The number of hydrogen-bond donors (Lipinski definition) is 1. The summed E-state index contributed by atoms with van der Waals surface area (Å²) in [6.45, 7) is 8.86. The Balaban J connectivity index is 0.000000511. The van der Waals surface area contributed by atoms with Crippen LogP contribution in [0.15, 0.2) is 29.2 Å². The summed E-state index contributed by atoms with van der Waals surface area (Å²) in [6.07, 6.45) is 6.81. The van der Waals surface area contributed by atoms with Crippen molar-refractivity contribution in [2.45, 2.75) is 70.2 Å². The molecule has 0 spiro atoms. The maximum absolute atomic E-state index is 13.0. The minimum atomic E-state index is -3.37. The fourth-order valence-electron chi connectivity index (χ4n) is 2.94. The van der Waals surface area contributed by atoms with Crippen molar-refractivity contribution in [2.75, 3.05) is 19.6 Å². The van der Waals surface area contributed by atoms with Gasteiger partial charge in [-0.05, 0) is 63.7 Å². The summed E-state index contributed by atoms with van der Waals surface area (Å²) < 4.78 is 27.8. The largest absolute Gasteiger partial charge is 0.317 e. The number of unbranched alkanes of at least 4 members (excludes halogenated alkanes) is 1. The highest BCUT2D eigenvalue weighted by molar-refractivity contribution is 7.89. The molecule has 1 saturated heterocycles. The molecular weight excluding hydrogens is 332 g/mol. The number of nitrogens with zero attached hydrogens (tertiary/aromatic N) is 1. The number of rotatable bonds is 6. The number of piperidine rings is 1. The number of benzene rings is 1. The molecular formula is C20H34N2O2S. The zero-order chi connectivity index (χ0) is 18.3. The topological polar surface area (TPSA) is 49.4 Å². The van der Waals surface area contributed by atoms with Gasteiger partial charge in [0.1, 0.15) is 0 Å². The van der Waals surface area contributed by atoms with Gasteiger partial charge in [0.2, 0.25) is 10.0 Å². The lowest BCUT2D eigenvalue weighted by atomic mass is 10.1. The van der Waals surface area contributed by atoms with Crippen molar-refractivity contribution >= 4 is 10.0 Å². The Labute approximate surface area is 154 Å². The van der Waals surface area contributed by atoms with Gasteiger partial charge in [-0.15, -0.1) is 0 Å². The van der Waals surface area contributed by atoms with Crippen molar-refractivity contribution in [3.63, 3.8) is 0 Å². The monoisotopic (exact) mass is 366 g/mol. The molecule has 1 heterocycles. The summed E-state index contributed by atoms with van der Waals surface area (Å²) in [5.74, 6) is 0.570. The fraction of sp³-hybridized carbons (Fsp3) is 0.700. The summed E-state index contributed by atoms with van der Waals surface area (Å²) >= 11 is 0. The van der Waals surface area contributed by atoms with Crippen molar-refractivity contribution in [3.05, 3.63) is 29.8 Å². The highest BCUT2D eigenvalue weighted by Crippen LogP contribution is 2.33. The SMILES string of the molecule is CCCC.Cc1ccc(S(=O)(=O)N(CC2CC2)C2CCNCC2)cc1. The van der Waals surface area contributed by atoms with E-state index >= 15 is 0 Å². The summed E-state index contributed by atoms with van der Waals surface area (Å²) in [7, 11) is -3.37. The van der Waals surface area contributed by atoms with E-state index in [1.54, 1.807) is 16.4 Å². The predicted molar refractivity (Wildman–Crippen MR) is 104 cm³/mol. The number of sulfonamides is 1. The molecule has 2 aliphatic rings. The standard InChI is InChI=1S/C16H24N2O2S.C4H10/c1-13-2-6-16(7-3-13)21(19,20)18(12-14-4-5-14)15-8-10-17-11-9-15;1-3-4-2/h2-3,6-7,14-15,17H,4-5,8-12H2,1H3;3-4H2,1-2H3. The second-order valence-corrected chi connectivity index (χ2v) is 9.20. The molecule has 1 aromatic rings. The average Bonchev–Trinajstić information content (AvgIpc) is 3.45. The Kier molecular flexibility index (Phi) is 7.91. The number of hydrogen-bond acceptors (Lipinski definition) is 3. The first-order valence-corrected chi connectivity index (χ1v) is 11.2. The van der Waals surface area contributed by atoms with Crippen LogP contribution in [-0.4, -0.2) is 38.4 Å². The van der Waals surface area contributed by atoms with Crippen LogP contribution >= 0.6 is 0 Å². The first-order chi connectivity index (χ1) is 12.0. The molecule has 2 fully saturated rings. The van der Waals surface area contributed by atoms with E-state index in [1.165, 1.54) is 25.7 Å². The van der Waals surface area contributed by atoms with Crippen LogP contribution in [0.3, 0.4) is 0 Å². The van der Waals surface area contributed by atoms with Gasteiger partial charge in [0.25, 0.3) is 0 Å². The Morgan fingerprint density at radius 2 is 1.56 bits per heavy atom. The molecule has 1 saturated carbocycles. The van der Waals surface area contributed by atoms with Crippen LogP contribution in [0.25, 0.3) is 0 Å². The molecule has 5 heteroatoms. The summed E-state index contributed by atoms with van der Waals surface area (Å²) in [4.78, 5) is 0.437. The molecule has 3 rings (SSSR count). The molecule has 25 heavy (non-hydrogen) atoms. The van der Waals surface area contributed by atoms with E-state index in [1.807, 2.05) is 19.1 Å². The summed E-state index contributed by atoms with van der Waals surface area (Å²) in [5.41, 5.74) is 1.09. The summed E-state index contributed by atoms with van der Waals surface area (Å²) in [6, 6.07) is 7.39. The van der Waals surface area contributed by atoms with Crippen molar-refractivity contribution < 1.29 is 8.42 Å². The molecule has 142 valence electrons. The van der Waals surface area contributed by atoms with Crippen LogP contribution in [-0.2, 0) is 10.0 Å². The maximum atomic E-state index is 13.0. The molecule has 0 aromatic heterocycles. The highest BCUT2D eigenvalue weighted by Gasteiger charge is 2.36. The van der Waals surface area contributed by atoms with Crippen molar-refractivity contribution in [1.29, 1.82) is 0 Å². The molecule has 1 aromatic carbocycles. The maximum Gasteiger partial charge on any atom is 0.243 e. The second-order valence-electron chi connectivity index (χ2n) is 7.31. The van der Waals surface area contributed by atoms with Crippen molar-refractivity contribution in [2.24, 2.45) is 5.92 Å². The van der Waals surface area contributed by atoms with Gasteiger partial charge in [-0.3, -0.25) is 0 Å². The lowest BCUT2D eigenvalue weighted by Crippen LogP contribution is -2.46. The quantitative estimate of drug-likeness (QED) is 0.829. The van der Waals surface area contributed by atoms with Gasteiger partial charge in [0, 0.05) is 12.6 Å². The van der Waals surface area contributed by atoms with Crippen LogP contribution in [0.5, 0.6) is 0 Å². The Morgan fingerprint density at radius 1 is 1.00 bits per heavy atom. The zero-order valence-electron chi connectivity index (χ0n) is 16.0. The van der Waals surface area contributed by atoms with E-state index in [0.29, 0.717) is 17.4 Å². The molecule has 4 nitrogen and oxygen atoms in total. The number of aryl methyl sites for hydroxylation is 1. The van der Waals surface area contributed by atoms with Gasteiger partial charge in [-0.1, -0.05) is 44.4 Å². The van der Waals surface area contributed by atoms with E-state index in [4.69, 9.17) is 0 Å². The first-order valence-electron chi connectivity index (χ1n) is 9.78. The lowest BCUT2D eigenvalue weighted by Gasteiger charge is -2.34. The van der Waals surface area contributed by atoms with E-state index in [0.717, 1.165) is 31.5 Å². The van der Waals surface area contributed by atoms with E-state index < -0.39 is 10.0 Å². The highest BCUT2D eigenvalue weighted by atomic mass is 32.2. The molecule has 1 aliphatic carbocycles. The predicted octanol–water partition coefficient (Wildman–Crippen LogP) is 3.95. The van der Waals surface area contributed by atoms with Gasteiger partial charge in [0.15, 0.2) is 0 Å². The van der Waals surface area contributed by atoms with E-state index in [2.05, 4.69) is 19.2 Å². The molecule has 0 unspecified atom stereocenters. The molecule has 1 aliphatic heterocycles. The van der Waals surface area contributed by atoms with Crippen molar-refractivity contribution in [1.82, 2.24) is 9.62 Å². The van der Waals surface area contributed by atoms with Crippen LogP contribution in [0.2, 0.25) is 0 Å². The Morgan fingerprint density at radius 3 is 2.04 bits per heavy atom. The molecule has 0 atom stereocenters. The van der Waals surface area contributed by atoms with Gasteiger partial charge in [-0.25, -0.2) is 8.42 Å². The second kappa shape index (κ2) is 9.70. The lowest BCUT2D eigenvalue weighted by molar-refractivity contribution is 0.255. The average molecular weight is 367 g/mol. The zero-order valence-corrected chi connectivity index (χ0v) is 16.8. The number of nitrogens with one attached hydrogen (secondary N) is 1. The summed E-state index contributed by atoms with van der Waals surface area (Å²) in [5, 5.41) is 3.32. The normalized spacial score (nSPS) is 18.7. The van der Waals surface area contributed by atoms with Crippen LogP contribution < -0.4 is 5.32 Å². The van der Waals surface area contributed by atoms with Crippen molar-refractivity contribution in [3.8, 4) is 0 Å². The van der Waals surface area contributed by atoms with Gasteiger partial charge in [0.05, 0.1) is 4.90 Å². The fourth-order valence-corrected chi connectivity index (χ4v) is 4.70. The van der Waals surface area contributed by atoms with Gasteiger partial charge >= 0.3 is 0 Å². The smallest absolute Gasteiger partial charge is 0.243 e. The molecule has 1 N–H and O–H groups in total. The minimum Gasteiger partial charge on any atom is -0.317 e. The first kappa shape index (κ1) is 20.4. The van der Waals surface area contributed by atoms with Crippen LogP contribution in [0.1, 0.15) is 57.9 Å². The van der Waals surface area contributed by atoms with Crippen LogP contribution in [0.4, 0.5) is 0 Å². The van der Waals surface area contributed by atoms with E-state index in [9.17, 15) is 8.42 Å². The third-order valence-electron chi connectivity index (χ3n) is 4.98. The third kappa shape index (κ3) is 6.08. The van der Waals surface area contributed by atoms with Gasteiger partial charge < -0.3 is 5.32 Å². The molecule has 0 amide bonds. The van der Waals surface area contributed by atoms with Gasteiger partial charge in [-0.2, -0.15) is 4.31 Å². The third-order valence-corrected chi connectivity index (χ3v) is 6.91. The Hall–Kier alpha value is -0.910. The minimum absolute atomic E-state index is 0.151.